The number of methoxy groups -OCH3 is 1. The molecule has 0 aliphatic carbocycles. The van der Waals surface area contributed by atoms with Crippen LogP contribution >= 0.6 is 0 Å². The Morgan fingerprint density at radius 2 is 0.750 bits per heavy atom. The highest BCUT2D eigenvalue weighted by Crippen LogP contribution is 2.34. The minimum atomic E-state index is -0.772. The fraction of sp³-hybridized carbons (Fsp3) is 0.368. The second kappa shape index (κ2) is 14.8. The van der Waals surface area contributed by atoms with Crippen molar-refractivity contribution in [1.29, 1.82) is 0 Å². The van der Waals surface area contributed by atoms with Crippen molar-refractivity contribution in [2.75, 3.05) is 33.5 Å². The van der Waals surface area contributed by atoms with Gasteiger partial charge in [0.15, 0.2) is 0 Å². The normalized spacial score (nSPS) is 13.3. The van der Waals surface area contributed by atoms with Crippen LogP contribution in [0.5, 0.6) is 17.2 Å². The molecule has 0 saturated carbocycles. The third-order valence-corrected chi connectivity index (χ3v) is 8.19. The van der Waals surface area contributed by atoms with E-state index in [-0.39, 0.29) is 37.3 Å². The lowest BCUT2D eigenvalue weighted by Gasteiger charge is -2.27. The van der Waals surface area contributed by atoms with E-state index in [1.165, 1.54) is 16.7 Å². The molecule has 6 heteroatoms. The predicted octanol–water partition coefficient (Wildman–Crippen LogP) is 6.85. The molecule has 0 spiro atoms. The van der Waals surface area contributed by atoms with Gasteiger partial charge < -0.3 is 29.2 Å². The lowest BCUT2D eigenvalue weighted by molar-refractivity contribution is 0.0325. The molecule has 4 aromatic carbocycles. The highest BCUT2D eigenvalue weighted by Gasteiger charge is 2.24. The Balaban J connectivity index is 1.25. The van der Waals surface area contributed by atoms with Crippen molar-refractivity contribution in [3.05, 3.63) is 125 Å². The summed E-state index contributed by atoms with van der Waals surface area (Å²) >= 11 is 0. The molecule has 6 nitrogen and oxygen atoms in total. The van der Waals surface area contributed by atoms with Crippen LogP contribution in [-0.4, -0.2) is 56.0 Å². The summed E-state index contributed by atoms with van der Waals surface area (Å²) in [7, 11) is 1.55. The van der Waals surface area contributed by atoms with Crippen LogP contribution in [0.15, 0.2) is 97.1 Å². The maximum atomic E-state index is 10.5. The second-order valence-electron chi connectivity index (χ2n) is 12.4. The van der Waals surface area contributed by atoms with Crippen molar-refractivity contribution in [2.45, 2.75) is 57.7 Å². The van der Waals surface area contributed by atoms with Crippen molar-refractivity contribution in [1.82, 2.24) is 0 Å². The number of rotatable bonds is 15. The van der Waals surface area contributed by atoms with Gasteiger partial charge in [0.25, 0.3) is 0 Å². The molecule has 0 aromatic heterocycles. The van der Waals surface area contributed by atoms with Crippen LogP contribution in [0.2, 0.25) is 0 Å². The maximum absolute atomic E-state index is 10.5. The first-order chi connectivity index (χ1) is 21.0. The third-order valence-electron chi connectivity index (χ3n) is 8.19. The van der Waals surface area contributed by atoms with Gasteiger partial charge in [-0.05, 0) is 65.6 Å². The van der Waals surface area contributed by atoms with E-state index < -0.39 is 12.2 Å². The molecule has 0 radical (unpaired) electrons. The van der Waals surface area contributed by atoms with Crippen LogP contribution in [0.3, 0.4) is 0 Å². The van der Waals surface area contributed by atoms with E-state index in [9.17, 15) is 10.2 Å². The van der Waals surface area contributed by atoms with E-state index in [0.717, 1.165) is 11.1 Å². The Labute approximate surface area is 262 Å². The molecule has 0 aliphatic heterocycles. The molecule has 234 valence electrons. The average molecular weight is 599 g/mol. The Kier molecular flexibility index (Phi) is 11.1. The van der Waals surface area contributed by atoms with Gasteiger partial charge in [-0.1, -0.05) is 93.9 Å². The standard InChI is InChI=1S/C38H46O6/c1-27-7-9-28(10-8-27)37(2,3)29-11-19-35(20-12-29)43-25-33(40)26-44-36-21-15-31(16-22-36)38(4,5)30-13-17-34(18-14-30)42-24-32(39)23-41-6/h7-22,32-33,39-40H,23-26H2,1-6H3. The molecule has 0 fully saturated rings. The van der Waals surface area contributed by atoms with E-state index in [2.05, 4.69) is 71.0 Å². The van der Waals surface area contributed by atoms with Crippen molar-refractivity contribution in [3.63, 3.8) is 0 Å². The van der Waals surface area contributed by atoms with Gasteiger partial charge in [0.05, 0.1) is 6.61 Å². The van der Waals surface area contributed by atoms with Gasteiger partial charge in [-0.3, -0.25) is 0 Å². The third kappa shape index (κ3) is 8.63. The van der Waals surface area contributed by atoms with Crippen LogP contribution in [0.4, 0.5) is 0 Å². The number of aliphatic hydroxyl groups is 2. The van der Waals surface area contributed by atoms with Crippen molar-refractivity contribution in [3.8, 4) is 17.2 Å². The van der Waals surface area contributed by atoms with Gasteiger partial charge in [-0.15, -0.1) is 0 Å². The minimum absolute atomic E-state index is 0.126. The first-order valence-corrected chi connectivity index (χ1v) is 15.1. The van der Waals surface area contributed by atoms with Crippen LogP contribution in [0.1, 0.15) is 55.5 Å². The molecular weight excluding hydrogens is 552 g/mol. The van der Waals surface area contributed by atoms with Crippen molar-refractivity contribution >= 4 is 0 Å². The zero-order chi connectivity index (χ0) is 31.7. The summed E-state index contributed by atoms with van der Waals surface area (Å²) in [6.07, 6.45) is -1.43. The number of hydrogen-bond donors (Lipinski definition) is 2. The molecule has 2 unspecified atom stereocenters. The van der Waals surface area contributed by atoms with Crippen LogP contribution in [0.25, 0.3) is 0 Å². The predicted molar refractivity (Wildman–Crippen MR) is 175 cm³/mol. The molecule has 0 aliphatic rings. The zero-order valence-electron chi connectivity index (χ0n) is 26.7. The van der Waals surface area contributed by atoms with E-state index in [1.54, 1.807) is 7.11 Å². The maximum Gasteiger partial charge on any atom is 0.122 e. The zero-order valence-corrected chi connectivity index (χ0v) is 26.7. The first kappa shape index (κ1) is 33.1. The Morgan fingerprint density at radius 1 is 0.477 bits per heavy atom. The Bertz CT molecular complexity index is 1430. The average Bonchev–Trinajstić information content (AvgIpc) is 3.03. The SMILES string of the molecule is COCC(O)COc1ccc(C(C)(C)c2ccc(OCC(O)COc3ccc(C(C)(C)c4ccc(C)cc4)cc3)cc2)cc1. The number of aliphatic hydroxyl groups excluding tert-OH is 2. The summed E-state index contributed by atoms with van der Waals surface area (Å²) in [6, 6.07) is 32.6. The van der Waals surface area contributed by atoms with Gasteiger partial charge >= 0.3 is 0 Å². The minimum Gasteiger partial charge on any atom is -0.491 e. The fourth-order valence-corrected chi connectivity index (χ4v) is 5.07. The molecule has 0 saturated heterocycles. The highest BCUT2D eigenvalue weighted by molar-refractivity contribution is 5.42. The lowest BCUT2D eigenvalue weighted by Crippen LogP contribution is -2.25. The Morgan fingerprint density at radius 3 is 1.05 bits per heavy atom. The Hall–Kier alpha value is -3.84. The van der Waals surface area contributed by atoms with Crippen LogP contribution in [-0.2, 0) is 15.6 Å². The number of hydrogen-bond acceptors (Lipinski definition) is 6. The summed E-state index contributed by atoms with van der Waals surface area (Å²) in [5.74, 6) is 2.09. The summed E-state index contributed by atoms with van der Waals surface area (Å²) < 4.78 is 22.3. The highest BCUT2D eigenvalue weighted by atomic mass is 16.5. The van der Waals surface area contributed by atoms with Gasteiger partial charge in [-0.2, -0.15) is 0 Å². The molecule has 4 aromatic rings. The molecule has 4 rings (SSSR count). The molecule has 2 N–H and O–H groups in total. The van der Waals surface area contributed by atoms with Crippen molar-refractivity contribution in [2.24, 2.45) is 0 Å². The van der Waals surface area contributed by atoms with E-state index >= 15 is 0 Å². The van der Waals surface area contributed by atoms with Gasteiger partial charge in [0, 0.05) is 17.9 Å². The van der Waals surface area contributed by atoms with Gasteiger partial charge in [0.2, 0.25) is 0 Å². The van der Waals surface area contributed by atoms with E-state index in [1.807, 2.05) is 60.7 Å². The molecule has 0 bridgehead atoms. The lowest BCUT2D eigenvalue weighted by atomic mass is 9.78. The van der Waals surface area contributed by atoms with Crippen LogP contribution in [0, 0.1) is 6.92 Å². The summed E-state index contributed by atoms with van der Waals surface area (Å²) in [4.78, 5) is 0. The number of aryl methyl sites for hydroxylation is 1. The molecular formula is C38H46O6. The topological polar surface area (TPSA) is 77.4 Å². The first-order valence-electron chi connectivity index (χ1n) is 15.1. The quantitative estimate of drug-likeness (QED) is 0.156. The smallest absolute Gasteiger partial charge is 0.122 e. The second-order valence-corrected chi connectivity index (χ2v) is 12.4. The van der Waals surface area contributed by atoms with E-state index in [0.29, 0.717) is 17.2 Å². The van der Waals surface area contributed by atoms with Gasteiger partial charge in [0.1, 0.15) is 49.3 Å². The largest absolute Gasteiger partial charge is 0.491 e. The number of ether oxygens (including phenoxy) is 4. The summed E-state index contributed by atoms with van der Waals surface area (Å²) in [5, 5.41) is 20.3. The molecule has 44 heavy (non-hydrogen) atoms. The van der Waals surface area contributed by atoms with Gasteiger partial charge in [-0.25, -0.2) is 0 Å². The molecule has 0 amide bonds. The van der Waals surface area contributed by atoms with Crippen LogP contribution < -0.4 is 14.2 Å². The fourth-order valence-electron chi connectivity index (χ4n) is 5.07. The van der Waals surface area contributed by atoms with E-state index in [4.69, 9.17) is 18.9 Å². The molecule has 2 atom stereocenters. The summed E-state index contributed by atoms with van der Waals surface area (Å²) in [5.41, 5.74) is 5.60. The van der Waals surface area contributed by atoms with Crippen molar-refractivity contribution < 1.29 is 29.2 Å². The molecule has 0 heterocycles. The number of benzene rings is 4. The monoisotopic (exact) mass is 598 g/mol. The summed E-state index contributed by atoms with van der Waals surface area (Å²) in [6.45, 7) is 11.5.